The van der Waals surface area contributed by atoms with Crippen LogP contribution in [0.2, 0.25) is 0 Å². The third-order valence-corrected chi connectivity index (χ3v) is 4.06. The van der Waals surface area contributed by atoms with Crippen LogP contribution in [0.15, 0.2) is 24.4 Å². The van der Waals surface area contributed by atoms with Gasteiger partial charge in [-0.25, -0.2) is 4.98 Å². The van der Waals surface area contributed by atoms with Crippen molar-refractivity contribution in [2.45, 2.75) is 19.8 Å². The number of carbonyl (C=O) groups is 1. The van der Waals surface area contributed by atoms with Crippen molar-refractivity contribution in [3.63, 3.8) is 0 Å². The molecule has 4 nitrogen and oxygen atoms in total. The summed E-state index contributed by atoms with van der Waals surface area (Å²) in [4.78, 5) is 16.8. The van der Waals surface area contributed by atoms with E-state index in [0.29, 0.717) is 4.88 Å². The number of benzene rings is 1. The normalized spacial score (nSPS) is 13.5. The molecule has 0 aliphatic carbocycles. The highest BCUT2D eigenvalue weighted by Gasteiger charge is 2.12. The average Bonchev–Trinajstić information content (AvgIpc) is 2.85. The highest BCUT2D eigenvalue weighted by molar-refractivity contribution is 7.13. The number of hydrogen-bond acceptors (Lipinski definition) is 4. The Labute approximate surface area is 115 Å². The minimum Gasteiger partial charge on any atom is -0.385 e. The van der Waals surface area contributed by atoms with Crippen LogP contribution in [0.3, 0.4) is 0 Å². The van der Waals surface area contributed by atoms with Crippen molar-refractivity contribution in [3.8, 4) is 0 Å². The van der Waals surface area contributed by atoms with Crippen LogP contribution in [0.5, 0.6) is 0 Å². The van der Waals surface area contributed by atoms with Crippen LogP contribution >= 0.6 is 11.3 Å². The molecule has 0 radical (unpaired) electrons. The lowest BCUT2D eigenvalue weighted by Gasteiger charge is -2.18. The number of hydrogen-bond donors (Lipinski definition) is 2. The van der Waals surface area contributed by atoms with Crippen molar-refractivity contribution in [1.29, 1.82) is 0 Å². The molecule has 1 aromatic heterocycles. The molecule has 1 aromatic carbocycles. The molecule has 1 aliphatic heterocycles. The molecule has 0 unspecified atom stereocenters. The maximum Gasteiger partial charge on any atom is 0.267 e. The van der Waals surface area contributed by atoms with E-state index in [2.05, 4.69) is 21.7 Å². The molecule has 2 heterocycles. The Bertz CT molecular complexity index is 621. The van der Waals surface area contributed by atoms with Crippen molar-refractivity contribution in [2.24, 2.45) is 0 Å². The fraction of sp³-hybridized carbons (Fsp3) is 0.286. The van der Waals surface area contributed by atoms with Crippen LogP contribution in [0.4, 0.5) is 11.4 Å². The molecule has 0 fully saturated rings. The van der Waals surface area contributed by atoms with Gasteiger partial charge in [0.2, 0.25) is 0 Å². The number of thiazole rings is 1. The lowest BCUT2D eigenvalue weighted by atomic mass is 10.0. The monoisotopic (exact) mass is 273 g/mol. The van der Waals surface area contributed by atoms with Gasteiger partial charge in [-0.2, -0.15) is 0 Å². The molecule has 1 amide bonds. The molecule has 19 heavy (non-hydrogen) atoms. The van der Waals surface area contributed by atoms with Gasteiger partial charge >= 0.3 is 0 Å². The number of nitrogens with zero attached hydrogens (tertiary/aromatic N) is 1. The Morgan fingerprint density at radius 3 is 3.16 bits per heavy atom. The van der Waals surface area contributed by atoms with E-state index >= 15 is 0 Å². The summed E-state index contributed by atoms with van der Waals surface area (Å²) in [5, 5.41) is 7.17. The molecule has 2 N–H and O–H groups in total. The van der Waals surface area contributed by atoms with Gasteiger partial charge in [0.05, 0.1) is 11.2 Å². The van der Waals surface area contributed by atoms with Gasteiger partial charge < -0.3 is 10.6 Å². The highest BCUT2D eigenvalue weighted by Crippen LogP contribution is 2.26. The van der Waals surface area contributed by atoms with E-state index in [1.807, 2.05) is 19.1 Å². The fourth-order valence-electron chi connectivity index (χ4n) is 2.20. The van der Waals surface area contributed by atoms with Gasteiger partial charge in [0.15, 0.2) is 0 Å². The minimum absolute atomic E-state index is 0.0960. The summed E-state index contributed by atoms with van der Waals surface area (Å²) >= 11 is 1.41. The number of rotatable bonds is 2. The molecule has 2 aromatic rings. The Morgan fingerprint density at radius 1 is 1.47 bits per heavy atom. The molecule has 5 heteroatoms. The third-order valence-electron chi connectivity index (χ3n) is 3.15. The van der Waals surface area contributed by atoms with Gasteiger partial charge in [-0.3, -0.25) is 4.79 Å². The molecule has 0 atom stereocenters. The predicted octanol–water partition coefficient (Wildman–Crippen LogP) is 3.06. The minimum atomic E-state index is -0.0960. The van der Waals surface area contributed by atoms with Crippen LogP contribution in [0.1, 0.15) is 26.7 Å². The van der Waals surface area contributed by atoms with Gasteiger partial charge in [0, 0.05) is 17.9 Å². The number of anilines is 2. The summed E-state index contributed by atoms with van der Waals surface area (Å²) in [5.41, 5.74) is 3.27. The molecule has 98 valence electrons. The van der Waals surface area contributed by atoms with Crippen LogP contribution in [-0.2, 0) is 6.42 Å². The zero-order chi connectivity index (χ0) is 13.2. The van der Waals surface area contributed by atoms with Gasteiger partial charge in [-0.05, 0) is 37.5 Å². The second kappa shape index (κ2) is 5.01. The smallest absolute Gasteiger partial charge is 0.267 e. The number of aryl methyl sites for hydroxylation is 2. The predicted molar refractivity (Wildman–Crippen MR) is 78.1 cm³/mol. The number of aromatic nitrogens is 1. The second-order valence-corrected chi connectivity index (χ2v) is 5.83. The molecular formula is C14H15N3OS. The van der Waals surface area contributed by atoms with E-state index in [9.17, 15) is 4.79 Å². The maximum absolute atomic E-state index is 12.0. The largest absolute Gasteiger partial charge is 0.385 e. The lowest BCUT2D eigenvalue weighted by Crippen LogP contribution is -2.14. The first-order valence-corrected chi connectivity index (χ1v) is 7.14. The molecule has 0 spiro atoms. The van der Waals surface area contributed by atoms with Crippen LogP contribution in [-0.4, -0.2) is 17.4 Å². The summed E-state index contributed by atoms with van der Waals surface area (Å²) in [6.45, 7) is 2.89. The van der Waals surface area contributed by atoms with Gasteiger partial charge in [-0.15, -0.1) is 11.3 Å². The van der Waals surface area contributed by atoms with E-state index < -0.39 is 0 Å². The first-order chi connectivity index (χ1) is 9.22. The van der Waals surface area contributed by atoms with Crippen molar-refractivity contribution >= 4 is 28.6 Å². The lowest BCUT2D eigenvalue weighted by molar-refractivity contribution is 0.103. The van der Waals surface area contributed by atoms with E-state index in [4.69, 9.17) is 0 Å². The van der Waals surface area contributed by atoms with Gasteiger partial charge in [-0.1, -0.05) is 6.07 Å². The van der Waals surface area contributed by atoms with Crippen LogP contribution in [0.25, 0.3) is 0 Å². The standard InChI is InChI=1S/C14H15N3OS/c1-9-16-8-13(19-9)14(18)17-11-5-4-10-3-2-6-15-12(10)7-11/h4-5,7-8,15H,2-3,6H2,1H3,(H,17,18). The summed E-state index contributed by atoms with van der Waals surface area (Å²) in [6, 6.07) is 6.03. The van der Waals surface area contributed by atoms with Crippen molar-refractivity contribution in [1.82, 2.24) is 4.98 Å². The average molecular weight is 273 g/mol. The number of fused-ring (bicyclic) bond motifs is 1. The van der Waals surface area contributed by atoms with E-state index in [0.717, 1.165) is 29.3 Å². The molecule has 0 saturated heterocycles. The zero-order valence-corrected chi connectivity index (χ0v) is 11.5. The number of amides is 1. The number of carbonyl (C=O) groups excluding carboxylic acids is 1. The van der Waals surface area contributed by atoms with Crippen molar-refractivity contribution in [3.05, 3.63) is 39.8 Å². The molecule has 1 aliphatic rings. The maximum atomic E-state index is 12.0. The van der Waals surface area contributed by atoms with Crippen LogP contribution in [0, 0.1) is 6.92 Å². The summed E-state index contributed by atoms with van der Waals surface area (Å²) < 4.78 is 0. The van der Waals surface area contributed by atoms with E-state index in [1.54, 1.807) is 6.20 Å². The summed E-state index contributed by atoms with van der Waals surface area (Å²) in [6.07, 6.45) is 3.88. The Morgan fingerprint density at radius 2 is 2.37 bits per heavy atom. The Kier molecular flexibility index (Phi) is 3.21. The quantitative estimate of drug-likeness (QED) is 0.884. The molecular weight excluding hydrogens is 258 g/mol. The molecule has 0 saturated carbocycles. The number of nitrogens with one attached hydrogen (secondary N) is 2. The van der Waals surface area contributed by atoms with Gasteiger partial charge in [0.1, 0.15) is 4.88 Å². The highest BCUT2D eigenvalue weighted by atomic mass is 32.1. The fourth-order valence-corrected chi connectivity index (χ4v) is 2.87. The second-order valence-electron chi connectivity index (χ2n) is 4.60. The SMILES string of the molecule is Cc1ncc(C(=O)Nc2ccc3c(c2)NCCC3)s1. The van der Waals surface area contributed by atoms with E-state index in [1.165, 1.54) is 23.3 Å². The zero-order valence-electron chi connectivity index (χ0n) is 10.7. The molecule has 0 bridgehead atoms. The first kappa shape index (κ1) is 12.2. The summed E-state index contributed by atoms with van der Waals surface area (Å²) in [7, 11) is 0. The Balaban J connectivity index is 1.78. The van der Waals surface area contributed by atoms with Crippen molar-refractivity contribution < 1.29 is 4.79 Å². The molecule has 3 rings (SSSR count). The first-order valence-electron chi connectivity index (χ1n) is 6.33. The summed E-state index contributed by atoms with van der Waals surface area (Å²) in [5.74, 6) is -0.0960. The Hall–Kier alpha value is -1.88. The van der Waals surface area contributed by atoms with Crippen molar-refractivity contribution in [2.75, 3.05) is 17.2 Å². The topological polar surface area (TPSA) is 54.0 Å². The van der Waals surface area contributed by atoms with Gasteiger partial charge in [0.25, 0.3) is 5.91 Å². The van der Waals surface area contributed by atoms with E-state index in [-0.39, 0.29) is 5.91 Å². The third kappa shape index (κ3) is 2.61. The van der Waals surface area contributed by atoms with Crippen LogP contribution < -0.4 is 10.6 Å².